The van der Waals surface area contributed by atoms with Crippen LogP contribution in [0.1, 0.15) is 5.56 Å². The van der Waals surface area contributed by atoms with E-state index in [0.717, 1.165) is 5.69 Å². The lowest BCUT2D eigenvalue weighted by atomic mass is 10.2. The van der Waals surface area contributed by atoms with E-state index in [1.165, 1.54) is 12.1 Å². The summed E-state index contributed by atoms with van der Waals surface area (Å²) in [6.07, 6.45) is 0. The number of benzene rings is 2. The van der Waals surface area contributed by atoms with E-state index in [-0.39, 0.29) is 4.90 Å². The van der Waals surface area contributed by atoms with Crippen LogP contribution in [0.15, 0.2) is 59.5 Å². The van der Waals surface area contributed by atoms with Crippen LogP contribution >= 0.6 is 0 Å². The average molecular weight is 265 g/mol. The number of aryl methyl sites for hydroxylation is 1. The molecule has 18 heavy (non-hydrogen) atoms. The largest absolute Gasteiger partial charge is 0.744 e. The fraction of sp³-hybridized carbons (Fsp3) is 0.0769. The van der Waals surface area contributed by atoms with Gasteiger partial charge >= 0.3 is 0 Å². The summed E-state index contributed by atoms with van der Waals surface area (Å²) in [6, 6.07) is 16.0. The highest BCUT2D eigenvalue weighted by molar-refractivity contribution is 7.85. The molecule has 0 saturated carbocycles. The topological polar surface area (TPSA) is 84.8 Å². The maximum atomic E-state index is 10.5. The molecule has 0 bridgehead atoms. The second-order valence-corrected chi connectivity index (χ2v) is 5.05. The highest BCUT2D eigenvalue weighted by atomic mass is 32.2. The Morgan fingerprint density at radius 1 is 0.944 bits per heavy atom. The van der Waals surface area contributed by atoms with Gasteiger partial charge in [0, 0.05) is 0 Å². The van der Waals surface area contributed by atoms with Crippen molar-refractivity contribution in [3.05, 3.63) is 60.2 Å². The highest BCUT2D eigenvalue weighted by Gasteiger charge is 2.02. The first-order valence-corrected chi connectivity index (χ1v) is 6.70. The van der Waals surface area contributed by atoms with Gasteiger partial charge in [-0.1, -0.05) is 36.4 Å². The first kappa shape index (κ1) is 14.4. The standard InChI is InChI=1S/C7H8O3S.C6H7N/c1-6-4-2-3-5-7(6)11(8,9)10;7-6-4-2-1-3-5-6/h2-5H,1H3,(H,8,9,10);1-5H,7H2. The molecule has 2 aromatic rings. The maximum Gasteiger partial charge on any atom is 0.127 e. The van der Waals surface area contributed by atoms with Crippen LogP contribution < -0.4 is 5.73 Å². The Labute approximate surface area is 107 Å². The predicted molar refractivity (Wildman–Crippen MR) is 68.1 cm³/mol. The Morgan fingerprint density at radius 3 is 1.78 bits per heavy atom. The zero-order chi connectivity index (χ0) is 13.6. The summed E-state index contributed by atoms with van der Waals surface area (Å²) in [6.45, 7) is 1.59. The van der Waals surface area contributed by atoms with Gasteiger partial charge in [0.15, 0.2) is 0 Å². The van der Waals surface area contributed by atoms with Crippen LogP contribution in [0.2, 0.25) is 0 Å². The summed E-state index contributed by atoms with van der Waals surface area (Å²) in [5, 5.41) is 0. The highest BCUT2D eigenvalue weighted by Crippen LogP contribution is 2.12. The molecule has 0 aliphatic carbocycles. The molecule has 0 aliphatic rings. The van der Waals surface area contributed by atoms with E-state index in [2.05, 4.69) is 5.73 Å². The molecule has 0 aromatic heterocycles. The molecule has 0 fully saturated rings. The van der Waals surface area contributed by atoms with Crippen molar-refractivity contribution in [1.82, 2.24) is 0 Å². The van der Waals surface area contributed by atoms with Crippen LogP contribution in [0.4, 0.5) is 5.69 Å². The molecular formula is C13H15NO3S. The smallest absolute Gasteiger partial charge is 0.127 e. The normalized spacial score (nSPS) is 10.4. The first-order valence-electron chi connectivity index (χ1n) is 5.30. The van der Waals surface area contributed by atoms with E-state index in [4.69, 9.17) is 0 Å². The van der Waals surface area contributed by atoms with Crippen molar-refractivity contribution in [1.29, 1.82) is 0 Å². The van der Waals surface area contributed by atoms with Gasteiger partial charge in [-0.3, -0.25) is 0 Å². The van der Waals surface area contributed by atoms with Crippen molar-refractivity contribution in [3.63, 3.8) is 0 Å². The van der Waals surface area contributed by atoms with Gasteiger partial charge in [0.2, 0.25) is 0 Å². The van der Waals surface area contributed by atoms with E-state index in [9.17, 15) is 13.0 Å². The van der Waals surface area contributed by atoms with Crippen molar-refractivity contribution in [2.75, 3.05) is 0 Å². The quantitative estimate of drug-likeness (QED) is 0.792. The monoisotopic (exact) mass is 265 g/mol. The fourth-order valence-electron chi connectivity index (χ4n) is 1.31. The molecule has 0 amide bonds. The van der Waals surface area contributed by atoms with Gasteiger partial charge in [-0.25, -0.2) is 8.42 Å². The van der Waals surface area contributed by atoms with Crippen LogP contribution in [0.5, 0.6) is 0 Å². The third kappa shape index (κ3) is 4.67. The van der Waals surface area contributed by atoms with Crippen molar-refractivity contribution in [3.8, 4) is 0 Å². The first-order chi connectivity index (χ1) is 8.41. The minimum absolute atomic E-state index is 0.139. The molecule has 4 nitrogen and oxygen atoms in total. The molecule has 0 aliphatic heterocycles. The van der Waals surface area contributed by atoms with E-state index >= 15 is 0 Å². The molecule has 0 atom stereocenters. The summed E-state index contributed by atoms with van der Waals surface area (Å²) >= 11 is 0. The molecule has 0 radical (unpaired) electrons. The summed E-state index contributed by atoms with van der Waals surface area (Å²) in [4.78, 5) is -0.139. The number of hydrogen-bond acceptors (Lipinski definition) is 3. The van der Waals surface area contributed by atoms with Gasteiger partial charge < -0.3 is 10.3 Å². The van der Waals surface area contributed by atoms with Crippen LogP contribution in [0.25, 0.3) is 0 Å². The lowest BCUT2D eigenvalue weighted by molar-refractivity contribution is -0.254. The Bertz CT molecular complexity index is 595. The Balaban J connectivity index is 0.000000199. The molecule has 0 saturated heterocycles. The van der Waals surface area contributed by atoms with Gasteiger partial charge in [-0.2, -0.15) is 0 Å². The molecule has 96 valence electrons. The van der Waals surface area contributed by atoms with Gasteiger partial charge in [0.1, 0.15) is 15.8 Å². The van der Waals surface area contributed by atoms with Crippen molar-refractivity contribution in [2.24, 2.45) is 0 Å². The minimum Gasteiger partial charge on any atom is -0.744 e. The van der Waals surface area contributed by atoms with Crippen molar-refractivity contribution >= 4 is 15.8 Å². The van der Waals surface area contributed by atoms with Crippen LogP contribution in [0.3, 0.4) is 0 Å². The molecule has 2 aromatic carbocycles. The summed E-state index contributed by atoms with van der Waals surface area (Å²) in [5.41, 5.74) is 5.28. The molecule has 5 heteroatoms. The Kier molecular flexibility index (Phi) is 5.03. The average Bonchev–Trinajstić information content (AvgIpc) is 2.30. The maximum absolute atomic E-state index is 10.5. The van der Waals surface area contributed by atoms with Gasteiger partial charge in [0.25, 0.3) is 0 Å². The van der Waals surface area contributed by atoms with Crippen molar-refractivity contribution < 1.29 is 18.7 Å². The van der Waals surface area contributed by atoms with Gasteiger partial charge in [-0.05, 0) is 30.7 Å². The fourth-order valence-corrected chi connectivity index (χ4v) is 2.02. The zero-order valence-electron chi connectivity index (χ0n) is 10.0. The zero-order valence-corrected chi connectivity index (χ0v) is 10.9. The second kappa shape index (κ2) is 6.30. The van der Waals surface area contributed by atoms with Gasteiger partial charge in [-0.15, -0.1) is 0 Å². The number of rotatable bonds is 1. The minimum atomic E-state index is -4.28. The number of hydrogen-bond donors (Lipinski definition) is 1. The lowest BCUT2D eigenvalue weighted by Gasteiger charge is -2.08. The Morgan fingerprint density at radius 2 is 1.44 bits per heavy atom. The summed E-state index contributed by atoms with van der Waals surface area (Å²) < 4.78 is 31.5. The molecule has 0 spiro atoms. The van der Waals surface area contributed by atoms with Crippen molar-refractivity contribution in [2.45, 2.75) is 11.8 Å². The second-order valence-electron chi connectivity index (χ2n) is 3.71. The summed E-state index contributed by atoms with van der Waals surface area (Å²) in [7, 11) is -4.28. The molecule has 0 unspecified atom stereocenters. The van der Waals surface area contributed by atoms with Crippen LogP contribution in [-0.4, -0.2) is 13.0 Å². The lowest BCUT2D eigenvalue weighted by Crippen LogP contribution is -2.39. The third-order valence-corrected chi connectivity index (χ3v) is 3.20. The molecule has 2 rings (SSSR count). The van der Waals surface area contributed by atoms with Crippen LogP contribution in [0, 0.1) is 6.92 Å². The van der Waals surface area contributed by atoms with Gasteiger partial charge in [0.05, 0.1) is 4.90 Å². The van der Waals surface area contributed by atoms with E-state index < -0.39 is 10.1 Å². The van der Waals surface area contributed by atoms with E-state index in [1.54, 1.807) is 19.1 Å². The van der Waals surface area contributed by atoms with E-state index in [1.807, 2.05) is 30.3 Å². The molecular weight excluding hydrogens is 250 g/mol. The summed E-state index contributed by atoms with van der Waals surface area (Å²) in [5.74, 6) is 0. The number of quaternary nitrogens is 1. The SMILES string of the molecule is Cc1ccccc1S(=O)(=O)[O-].[NH3+]c1ccccc1. The Hall–Kier alpha value is -1.69. The van der Waals surface area contributed by atoms with E-state index in [0.29, 0.717) is 5.56 Å². The van der Waals surface area contributed by atoms with Crippen LogP contribution in [-0.2, 0) is 10.1 Å². The predicted octanol–water partition coefficient (Wildman–Crippen LogP) is 1.46. The third-order valence-electron chi connectivity index (χ3n) is 2.21. The molecule has 3 N–H and O–H groups in total. The molecule has 0 heterocycles.